The average Bonchev–Trinajstić information content (AvgIpc) is 3.26. The lowest BCUT2D eigenvalue weighted by Crippen LogP contribution is -2.24. The van der Waals surface area contributed by atoms with Gasteiger partial charge in [-0.25, -0.2) is 18.6 Å². The fourth-order valence-corrected chi connectivity index (χ4v) is 3.82. The number of oxazole rings is 1. The van der Waals surface area contributed by atoms with Gasteiger partial charge < -0.3 is 28.9 Å². The minimum absolute atomic E-state index is 0.0854. The standard InChI is InChI=1S/C21H18F2N4O5/c1-9(20(28)29-2)31-10-6-13-17-14(7-10)30-5-3-4-27(17)19(25-13)11-8-12(22)18-16(15(11)23)26-21(24)32-18/h6-9H,3-5H2,1-2H3,(H2,24,26)/t9-/m0/s1. The van der Waals surface area contributed by atoms with E-state index < -0.39 is 23.7 Å². The third kappa shape index (κ3) is 3.08. The van der Waals surface area contributed by atoms with Gasteiger partial charge in [-0.3, -0.25) is 0 Å². The van der Waals surface area contributed by atoms with Crippen LogP contribution in [0.3, 0.4) is 0 Å². The van der Waals surface area contributed by atoms with Gasteiger partial charge >= 0.3 is 5.97 Å². The topological polar surface area (TPSA) is 115 Å². The van der Waals surface area contributed by atoms with E-state index in [9.17, 15) is 9.18 Å². The molecule has 0 amide bonds. The molecular formula is C21H18F2N4O5. The summed E-state index contributed by atoms with van der Waals surface area (Å²) in [7, 11) is 1.27. The third-order valence-electron chi connectivity index (χ3n) is 5.23. The normalized spacial score (nSPS) is 14.2. The minimum atomic E-state index is -0.858. The van der Waals surface area contributed by atoms with Crippen LogP contribution < -0.4 is 15.2 Å². The number of hydrogen-bond acceptors (Lipinski definition) is 8. The first-order chi connectivity index (χ1) is 15.4. The highest BCUT2D eigenvalue weighted by Gasteiger charge is 2.26. The van der Waals surface area contributed by atoms with Crippen LogP contribution in [0.15, 0.2) is 22.6 Å². The van der Waals surface area contributed by atoms with Gasteiger partial charge in [0.25, 0.3) is 6.01 Å². The summed E-state index contributed by atoms with van der Waals surface area (Å²) in [5.74, 6) is -1.16. The van der Waals surface area contributed by atoms with Crippen molar-refractivity contribution in [2.24, 2.45) is 0 Å². The number of benzene rings is 2. The van der Waals surface area contributed by atoms with E-state index in [1.807, 2.05) is 0 Å². The Morgan fingerprint density at radius 3 is 2.88 bits per heavy atom. The van der Waals surface area contributed by atoms with Gasteiger partial charge in [0.2, 0.25) is 0 Å². The van der Waals surface area contributed by atoms with Crippen molar-refractivity contribution in [1.82, 2.24) is 14.5 Å². The molecule has 0 bridgehead atoms. The van der Waals surface area contributed by atoms with E-state index in [4.69, 9.17) is 19.6 Å². The van der Waals surface area contributed by atoms with Crippen LogP contribution in [-0.2, 0) is 16.1 Å². The van der Waals surface area contributed by atoms with Crippen molar-refractivity contribution in [2.75, 3.05) is 19.5 Å². The minimum Gasteiger partial charge on any atom is -0.491 e. The molecule has 1 aliphatic rings. The molecule has 0 saturated carbocycles. The quantitative estimate of drug-likeness (QED) is 0.476. The number of esters is 1. The molecule has 0 fully saturated rings. The van der Waals surface area contributed by atoms with Crippen molar-refractivity contribution in [2.45, 2.75) is 26.0 Å². The second kappa shape index (κ2) is 7.36. The second-order valence-electron chi connectivity index (χ2n) is 7.31. The molecule has 3 heterocycles. The van der Waals surface area contributed by atoms with E-state index >= 15 is 4.39 Å². The van der Waals surface area contributed by atoms with Gasteiger partial charge in [0.15, 0.2) is 28.8 Å². The van der Waals surface area contributed by atoms with Crippen LogP contribution in [-0.4, -0.2) is 40.3 Å². The summed E-state index contributed by atoms with van der Waals surface area (Å²) in [6, 6.07) is 3.91. The lowest BCUT2D eigenvalue weighted by Gasteiger charge is -2.13. The number of methoxy groups -OCH3 is 1. The van der Waals surface area contributed by atoms with Gasteiger partial charge in [0, 0.05) is 18.7 Å². The number of fused-ring (bicyclic) bond motifs is 1. The van der Waals surface area contributed by atoms with E-state index in [1.165, 1.54) is 7.11 Å². The van der Waals surface area contributed by atoms with Crippen molar-refractivity contribution < 1.29 is 32.2 Å². The zero-order valence-corrected chi connectivity index (χ0v) is 17.1. The predicted octanol–water partition coefficient (Wildman–Crippen LogP) is 3.43. The Bertz CT molecular complexity index is 1380. The molecule has 2 N–H and O–H groups in total. The van der Waals surface area contributed by atoms with Crippen LogP contribution >= 0.6 is 0 Å². The summed E-state index contributed by atoms with van der Waals surface area (Å²) in [6.07, 6.45) is -0.242. The molecule has 4 aromatic rings. The SMILES string of the molecule is COC(=O)[C@H](C)Oc1cc2c3c(c1)nc(-c1cc(F)c4oc(N)nc4c1F)n3CCCO2. The number of aromatic nitrogens is 3. The predicted molar refractivity (Wildman–Crippen MR) is 109 cm³/mol. The molecule has 166 valence electrons. The zero-order valence-electron chi connectivity index (χ0n) is 17.1. The molecule has 9 nitrogen and oxygen atoms in total. The van der Waals surface area contributed by atoms with Crippen molar-refractivity contribution in [3.63, 3.8) is 0 Å². The largest absolute Gasteiger partial charge is 0.491 e. The van der Waals surface area contributed by atoms with Crippen molar-refractivity contribution >= 4 is 34.1 Å². The number of carbonyl (C=O) groups is 1. The van der Waals surface area contributed by atoms with E-state index in [-0.39, 0.29) is 28.5 Å². The molecule has 5 rings (SSSR count). The molecule has 0 saturated heterocycles. The fraction of sp³-hybridized carbons (Fsp3) is 0.286. The van der Waals surface area contributed by atoms with Crippen LogP contribution in [0.2, 0.25) is 0 Å². The molecule has 1 atom stereocenters. The van der Waals surface area contributed by atoms with E-state index in [0.717, 1.165) is 6.07 Å². The lowest BCUT2D eigenvalue weighted by molar-refractivity contribution is -0.147. The van der Waals surface area contributed by atoms with Crippen LogP contribution in [0, 0.1) is 11.6 Å². The van der Waals surface area contributed by atoms with Gasteiger partial charge in [0.05, 0.1) is 24.8 Å². The summed E-state index contributed by atoms with van der Waals surface area (Å²) >= 11 is 0. The molecule has 0 aliphatic carbocycles. The summed E-state index contributed by atoms with van der Waals surface area (Å²) in [5.41, 5.74) is 5.77. The molecule has 2 aromatic heterocycles. The van der Waals surface area contributed by atoms with Crippen LogP contribution in [0.4, 0.5) is 14.8 Å². The first-order valence-corrected chi connectivity index (χ1v) is 9.83. The lowest BCUT2D eigenvalue weighted by atomic mass is 10.1. The van der Waals surface area contributed by atoms with Crippen molar-refractivity contribution in [1.29, 1.82) is 0 Å². The number of nitrogens with zero attached hydrogens (tertiary/aromatic N) is 3. The Morgan fingerprint density at radius 2 is 2.09 bits per heavy atom. The highest BCUT2D eigenvalue weighted by Crippen LogP contribution is 2.39. The maximum atomic E-state index is 15.3. The molecule has 0 spiro atoms. The Morgan fingerprint density at radius 1 is 1.28 bits per heavy atom. The molecule has 1 aliphatic heterocycles. The van der Waals surface area contributed by atoms with E-state index in [1.54, 1.807) is 23.6 Å². The summed E-state index contributed by atoms with van der Waals surface area (Å²) in [5, 5.41) is 0. The molecule has 0 unspecified atom stereocenters. The first-order valence-electron chi connectivity index (χ1n) is 9.83. The van der Waals surface area contributed by atoms with Crippen LogP contribution in [0.5, 0.6) is 11.5 Å². The van der Waals surface area contributed by atoms with Gasteiger partial charge in [-0.2, -0.15) is 4.98 Å². The molecule has 0 radical (unpaired) electrons. The van der Waals surface area contributed by atoms with Gasteiger partial charge in [-0.1, -0.05) is 0 Å². The Balaban J connectivity index is 1.70. The maximum absolute atomic E-state index is 15.3. The third-order valence-corrected chi connectivity index (χ3v) is 5.23. The number of anilines is 1. The van der Waals surface area contributed by atoms with Gasteiger partial charge in [-0.05, 0) is 19.4 Å². The summed E-state index contributed by atoms with van der Waals surface area (Å²) in [6.45, 7) is 2.43. The number of nitrogen functional groups attached to an aromatic ring is 1. The Kier molecular flexibility index (Phi) is 4.61. The fourth-order valence-electron chi connectivity index (χ4n) is 3.82. The highest BCUT2D eigenvalue weighted by atomic mass is 19.1. The maximum Gasteiger partial charge on any atom is 0.346 e. The molecular weight excluding hydrogens is 426 g/mol. The molecule has 32 heavy (non-hydrogen) atoms. The zero-order chi connectivity index (χ0) is 22.6. The number of ether oxygens (including phenoxy) is 3. The number of halogens is 2. The number of hydrogen-bond donors (Lipinski definition) is 1. The highest BCUT2D eigenvalue weighted by molar-refractivity contribution is 5.90. The number of rotatable bonds is 4. The second-order valence-corrected chi connectivity index (χ2v) is 7.31. The average molecular weight is 444 g/mol. The van der Waals surface area contributed by atoms with Crippen LogP contribution in [0.25, 0.3) is 33.5 Å². The number of nitrogens with two attached hydrogens (primary N) is 1. The van der Waals surface area contributed by atoms with Gasteiger partial charge in [0.1, 0.15) is 22.8 Å². The summed E-state index contributed by atoms with van der Waals surface area (Å²) < 4.78 is 52.8. The first kappa shape index (κ1) is 20.0. The van der Waals surface area contributed by atoms with Crippen molar-refractivity contribution in [3.8, 4) is 22.9 Å². The van der Waals surface area contributed by atoms with E-state index in [0.29, 0.717) is 42.1 Å². The number of imidazole rings is 1. The Hall–Kier alpha value is -3.89. The Labute approximate surface area is 179 Å². The van der Waals surface area contributed by atoms with E-state index in [2.05, 4.69) is 14.7 Å². The monoisotopic (exact) mass is 444 g/mol. The van der Waals surface area contributed by atoms with Crippen LogP contribution in [0.1, 0.15) is 13.3 Å². The van der Waals surface area contributed by atoms with Crippen molar-refractivity contribution in [3.05, 3.63) is 29.8 Å². The molecule has 11 heteroatoms. The number of carbonyl (C=O) groups excluding carboxylic acids is 1. The number of aryl methyl sites for hydroxylation is 1. The smallest absolute Gasteiger partial charge is 0.346 e. The van der Waals surface area contributed by atoms with Gasteiger partial charge in [-0.15, -0.1) is 0 Å². The summed E-state index contributed by atoms with van der Waals surface area (Å²) in [4.78, 5) is 20.0. The molecule has 2 aromatic carbocycles.